The van der Waals surface area contributed by atoms with Gasteiger partial charge in [0.05, 0.1) is 11.4 Å². The summed E-state index contributed by atoms with van der Waals surface area (Å²) in [5.41, 5.74) is 0. The number of halogens is 1. The molecule has 1 rings (SSSR count). The number of amides is 1. The van der Waals surface area contributed by atoms with E-state index in [9.17, 15) is 13.2 Å². The lowest BCUT2D eigenvalue weighted by atomic mass is 10.4. The molecule has 7 heteroatoms. The highest BCUT2D eigenvalue weighted by Crippen LogP contribution is 2.18. The molecule has 0 N–H and O–H groups in total. The lowest BCUT2D eigenvalue weighted by Gasteiger charge is -2.19. The summed E-state index contributed by atoms with van der Waals surface area (Å²) < 4.78 is 26.1. The Balaban J connectivity index is 2.97. The third kappa shape index (κ3) is 3.54. The summed E-state index contributed by atoms with van der Waals surface area (Å²) in [5.74, 6) is -0.268. The Morgan fingerprint density at radius 1 is 1.28 bits per heavy atom. The van der Waals surface area contributed by atoms with Crippen molar-refractivity contribution in [2.24, 2.45) is 0 Å². The van der Waals surface area contributed by atoms with Gasteiger partial charge in [0.2, 0.25) is 15.9 Å². The van der Waals surface area contributed by atoms with E-state index in [1.807, 2.05) is 0 Å². The number of hydrogen-bond donors (Lipinski definition) is 0. The van der Waals surface area contributed by atoms with Crippen LogP contribution in [0, 0.1) is 0 Å². The Kier molecular flexibility index (Phi) is 4.89. The molecule has 0 atom stereocenters. The predicted octanol–water partition coefficient (Wildman–Crippen LogP) is 1.16. The van der Waals surface area contributed by atoms with Gasteiger partial charge in [-0.05, 0) is 18.2 Å². The second kappa shape index (κ2) is 5.81. The van der Waals surface area contributed by atoms with E-state index in [2.05, 4.69) is 15.9 Å². The number of nitrogens with zero attached hydrogens (tertiary/aromatic N) is 2. The van der Waals surface area contributed by atoms with E-state index in [1.165, 1.54) is 24.1 Å². The van der Waals surface area contributed by atoms with Crippen LogP contribution < -0.4 is 0 Å². The highest BCUT2D eigenvalue weighted by Gasteiger charge is 2.23. The van der Waals surface area contributed by atoms with Gasteiger partial charge in [-0.1, -0.05) is 22.0 Å². The van der Waals surface area contributed by atoms with Crippen LogP contribution in [0.15, 0.2) is 33.6 Å². The fourth-order valence-corrected chi connectivity index (χ4v) is 2.94. The fraction of sp³-hybridized carbons (Fsp3) is 0.364. The summed E-state index contributed by atoms with van der Waals surface area (Å²) in [4.78, 5) is 13.0. The van der Waals surface area contributed by atoms with E-state index in [1.54, 1.807) is 26.2 Å². The van der Waals surface area contributed by atoms with Crippen molar-refractivity contribution in [3.8, 4) is 0 Å². The highest BCUT2D eigenvalue weighted by molar-refractivity contribution is 9.10. The molecule has 0 heterocycles. The summed E-state index contributed by atoms with van der Waals surface area (Å²) in [5, 5.41) is 0. The average molecular weight is 335 g/mol. The van der Waals surface area contributed by atoms with Crippen LogP contribution >= 0.6 is 15.9 Å². The molecule has 0 aliphatic heterocycles. The molecule has 18 heavy (non-hydrogen) atoms. The first-order valence-electron chi connectivity index (χ1n) is 5.17. The van der Waals surface area contributed by atoms with Crippen LogP contribution in [-0.2, 0) is 14.8 Å². The van der Waals surface area contributed by atoms with Gasteiger partial charge in [0, 0.05) is 25.6 Å². The van der Waals surface area contributed by atoms with Gasteiger partial charge in [-0.2, -0.15) is 4.31 Å². The van der Waals surface area contributed by atoms with Crippen LogP contribution in [0.1, 0.15) is 0 Å². The summed E-state index contributed by atoms with van der Waals surface area (Å²) in [6.07, 6.45) is 0. The first-order valence-corrected chi connectivity index (χ1v) is 7.40. The maximum atomic E-state index is 12.2. The molecule has 0 aromatic heterocycles. The van der Waals surface area contributed by atoms with Crippen LogP contribution in [0.25, 0.3) is 0 Å². The number of hydrogen-bond acceptors (Lipinski definition) is 3. The Morgan fingerprint density at radius 3 is 2.39 bits per heavy atom. The molecule has 0 aliphatic rings. The Morgan fingerprint density at radius 2 is 1.89 bits per heavy atom. The minimum absolute atomic E-state index is 0.158. The van der Waals surface area contributed by atoms with Crippen molar-refractivity contribution >= 4 is 31.9 Å². The van der Waals surface area contributed by atoms with Gasteiger partial charge in [0.25, 0.3) is 0 Å². The third-order valence-electron chi connectivity index (χ3n) is 2.36. The third-order valence-corrected chi connectivity index (χ3v) is 4.65. The molecule has 0 aliphatic carbocycles. The number of rotatable bonds is 4. The van der Waals surface area contributed by atoms with Crippen molar-refractivity contribution < 1.29 is 13.2 Å². The van der Waals surface area contributed by atoms with Crippen LogP contribution in [0.3, 0.4) is 0 Å². The zero-order valence-electron chi connectivity index (χ0n) is 10.4. The predicted molar refractivity (Wildman–Crippen MR) is 72.7 cm³/mol. The van der Waals surface area contributed by atoms with Gasteiger partial charge >= 0.3 is 0 Å². The largest absolute Gasteiger partial charge is 0.348 e. The zero-order chi connectivity index (χ0) is 13.9. The van der Waals surface area contributed by atoms with Gasteiger partial charge in [0.15, 0.2) is 0 Å². The molecule has 1 amide bonds. The van der Waals surface area contributed by atoms with Gasteiger partial charge in [0.1, 0.15) is 0 Å². The van der Waals surface area contributed by atoms with Crippen molar-refractivity contribution in [2.45, 2.75) is 4.90 Å². The topological polar surface area (TPSA) is 57.7 Å². The molecule has 0 spiro atoms. The Hall–Kier alpha value is -0.920. The molecule has 0 saturated heterocycles. The van der Waals surface area contributed by atoms with Crippen molar-refractivity contribution in [3.05, 3.63) is 28.7 Å². The second-order valence-corrected chi connectivity index (χ2v) is 6.97. The van der Waals surface area contributed by atoms with Gasteiger partial charge in [-0.3, -0.25) is 4.79 Å². The van der Waals surface area contributed by atoms with Crippen LogP contribution in [0.5, 0.6) is 0 Å². The smallest absolute Gasteiger partial charge is 0.243 e. The molecule has 0 bridgehead atoms. The fourth-order valence-electron chi connectivity index (χ4n) is 1.22. The van der Waals surface area contributed by atoms with E-state index in [-0.39, 0.29) is 17.3 Å². The van der Waals surface area contributed by atoms with E-state index < -0.39 is 10.0 Å². The van der Waals surface area contributed by atoms with Gasteiger partial charge < -0.3 is 4.90 Å². The molecule has 0 saturated carbocycles. The zero-order valence-corrected chi connectivity index (χ0v) is 12.8. The standard InChI is InChI=1S/C11H15BrN2O3S/c1-13(2)11(15)8-14(3)18(16,17)10-6-4-5-9(12)7-10/h4-7H,8H2,1-3H3. The average Bonchev–Trinajstić information content (AvgIpc) is 2.28. The van der Waals surface area contributed by atoms with Crippen molar-refractivity contribution in [1.29, 1.82) is 0 Å². The number of likely N-dealkylation sites (N-methyl/N-ethyl adjacent to an activating group) is 2. The molecular formula is C11H15BrN2O3S. The molecule has 1 aromatic carbocycles. The first kappa shape index (κ1) is 15.1. The first-order chi connectivity index (χ1) is 8.25. The maximum absolute atomic E-state index is 12.2. The number of carbonyl (C=O) groups excluding carboxylic acids is 1. The minimum atomic E-state index is -3.63. The number of sulfonamides is 1. The summed E-state index contributed by atoms with van der Waals surface area (Å²) in [7, 11) is 0.923. The van der Waals surface area contributed by atoms with Crippen molar-refractivity contribution in [3.63, 3.8) is 0 Å². The minimum Gasteiger partial charge on any atom is -0.348 e. The van der Waals surface area contributed by atoms with E-state index >= 15 is 0 Å². The summed E-state index contributed by atoms with van der Waals surface area (Å²) in [6.45, 7) is -0.179. The molecular weight excluding hydrogens is 320 g/mol. The summed E-state index contributed by atoms with van der Waals surface area (Å²) >= 11 is 3.22. The Labute approximate surface area is 116 Å². The number of benzene rings is 1. The SMILES string of the molecule is CN(C)C(=O)CN(C)S(=O)(=O)c1cccc(Br)c1. The van der Waals surface area contributed by atoms with Crippen LogP contribution in [0.4, 0.5) is 0 Å². The highest BCUT2D eigenvalue weighted by atomic mass is 79.9. The molecule has 5 nitrogen and oxygen atoms in total. The Bertz CT molecular complexity index is 543. The molecule has 0 fully saturated rings. The molecule has 1 aromatic rings. The van der Waals surface area contributed by atoms with E-state index in [0.29, 0.717) is 4.47 Å². The van der Waals surface area contributed by atoms with Crippen LogP contribution in [-0.4, -0.2) is 51.2 Å². The lowest BCUT2D eigenvalue weighted by molar-refractivity contribution is -0.128. The van der Waals surface area contributed by atoms with Crippen molar-refractivity contribution in [2.75, 3.05) is 27.7 Å². The maximum Gasteiger partial charge on any atom is 0.243 e. The number of carbonyl (C=O) groups is 1. The van der Waals surface area contributed by atoms with Crippen molar-refractivity contribution in [1.82, 2.24) is 9.21 Å². The summed E-state index contributed by atoms with van der Waals surface area (Å²) in [6, 6.07) is 6.38. The van der Waals surface area contributed by atoms with Crippen LogP contribution in [0.2, 0.25) is 0 Å². The van der Waals surface area contributed by atoms with E-state index in [0.717, 1.165) is 4.31 Å². The van der Waals surface area contributed by atoms with Gasteiger partial charge in [-0.25, -0.2) is 8.42 Å². The lowest BCUT2D eigenvalue weighted by Crippen LogP contribution is -2.37. The molecule has 100 valence electrons. The van der Waals surface area contributed by atoms with E-state index in [4.69, 9.17) is 0 Å². The quantitative estimate of drug-likeness (QED) is 0.830. The molecule has 0 radical (unpaired) electrons. The monoisotopic (exact) mass is 334 g/mol. The van der Waals surface area contributed by atoms with Gasteiger partial charge in [-0.15, -0.1) is 0 Å². The normalized spacial score (nSPS) is 11.6. The second-order valence-electron chi connectivity index (χ2n) is 4.01. The molecule has 0 unspecified atom stereocenters.